The first-order valence-electron chi connectivity index (χ1n) is 9.34. The summed E-state index contributed by atoms with van der Waals surface area (Å²) in [6.07, 6.45) is 3.86. The molecular formula is C20H26ClNO4. The van der Waals surface area contributed by atoms with Gasteiger partial charge in [-0.2, -0.15) is 0 Å². The van der Waals surface area contributed by atoms with Gasteiger partial charge in [0.1, 0.15) is 5.41 Å². The lowest BCUT2D eigenvalue weighted by atomic mass is 9.73. The quantitative estimate of drug-likeness (QED) is 0.763. The molecule has 1 aliphatic heterocycles. The van der Waals surface area contributed by atoms with Gasteiger partial charge in [-0.25, -0.2) is 0 Å². The van der Waals surface area contributed by atoms with E-state index in [-0.39, 0.29) is 12.5 Å². The minimum atomic E-state index is -1.20. The highest BCUT2D eigenvalue weighted by Crippen LogP contribution is 2.45. The molecule has 3 rings (SSSR count). The topological polar surface area (TPSA) is 77.8 Å². The van der Waals surface area contributed by atoms with E-state index in [4.69, 9.17) is 11.6 Å². The molecule has 2 N–H and O–H groups in total. The fourth-order valence-corrected chi connectivity index (χ4v) is 4.01. The van der Waals surface area contributed by atoms with Crippen LogP contribution in [0.4, 0.5) is 0 Å². The zero-order valence-electron chi connectivity index (χ0n) is 14.9. The molecule has 26 heavy (non-hydrogen) atoms. The molecule has 2 atom stereocenters. The lowest BCUT2D eigenvalue weighted by molar-refractivity contribution is -0.167. The van der Waals surface area contributed by atoms with Crippen molar-refractivity contribution < 1.29 is 19.8 Å². The zero-order chi connectivity index (χ0) is 18.7. The number of carboxylic acids is 1. The number of rotatable bonds is 7. The molecule has 1 amide bonds. The molecule has 5 nitrogen and oxygen atoms in total. The Kier molecular flexibility index (Phi) is 5.88. The molecule has 0 bridgehead atoms. The van der Waals surface area contributed by atoms with Crippen LogP contribution in [0.15, 0.2) is 24.3 Å². The fraction of sp³-hybridized carbons (Fsp3) is 0.600. The Bertz CT molecular complexity index is 658. The third-order valence-electron chi connectivity index (χ3n) is 5.68. The molecule has 1 saturated heterocycles. The zero-order valence-corrected chi connectivity index (χ0v) is 15.6. The maximum Gasteiger partial charge on any atom is 0.314 e. The van der Waals surface area contributed by atoms with Gasteiger partial charge in [-0.15, -0.1) is 0 Å². The number of piperidine rings is 1. The Morgan fingerprint density at radius 2 is 1.88 bits per heavy atom. The number of likely N-dealkylation sites (tertiary alicyclic amines) is 1. The number of aliphatic carboxylic acids is 1. The molecule has 1 aromatic rings. The molecule has 1 saturated carbocycles. The second-order valence-corrected chi connectivity index (χ2v) is 8.15. The van der Waals surface area contributed by atoms with Crippen LogP contribution in [0, 0.1) is 11.3 Å². The first-order chi connectivity index (χ1) is 12.4. The van der Waals surface area contributed by atoms with Gasteiger partial charge in [-0.1, -0.05) is 36.6 Å². The van der Waals surface area contributed by atoms with E-state index in [1.165, 1.54) is 0 Å². The molecule has 2 aliphatic rings. The number of aryl methyl sites for hydroxylation is 1. The van der Waals surface area contributed by atoms with Crippen molar-refractivity contribution in [2.45, 2.75) is 51.0 Å². The molecule has 0 aromatic heterocycles. The molecule has 6 heteroatoms. The molecule has 0 spiro atoms. The van der Waals surface area contributed by atoms with E-state index in [2.05, 4.69) is 0 Å². The maximum atomic E-state index is 12.6. The van der Waals surface area contributed by atoms with Crippen LogP contribution in [0.3, 0.4) is 0 Å². The number of carboxylic acid groups (broad SMARTS) is 1. The van der Waals surface area contributed by atoms with Gasteiger partial charge < -0.3 is 15.1 Å². The average Bonchev–Trinajstić information content (AvgIpc) is 3.42. The standard InChI is InChI=1S/C20H26ClNO4/c21-16-8-6-14(7-9-16)2-1-3-18(24)22-11-10-17(23)20(13-22,19(25)26)12-15-4-5-15/h6-9,15,17,23H,1-5,10-13H2,(H,25,26)/t17-,20-/m1/s1. The lowest BCUT2D eigenvalue weighted by Gasteiger charge is -2.43. The summed E-state index contributed by atoms with van der Waals surface area (Å²) in [4.78, 5) is 26.2. The highest BCUT2D eigenvalue weighted by atomic mass is 35.5. The lowest BCUT2D eigenvalue weighted by Crippen LogP contribution is -2.57. The van der Waals surface area contributed by atoms with Crippen molar-refractivity contribution in [2.75, 3.05) is 13.1 Å². The minimum absolute atomic E-state index is 0.0210. The number of aliphatic hydroxyl groups is 1. The van der Waals surface area contributed by atoms with Crippen molar-refractivity contribution in [1.82, 2.24) is 4.90 Å². The number of hydrogen-bond donors (Lipinski definition) is 2. The number of halogens is 1. The predicted octanol–water partition coefficient (Wildman–Crippen LogP) is 3.13. The summed E-state index contributed by atoms with van der Waals surface area (Å²) < 4.78 is 0. The minimum Gasteiger partial charge on any atom is -0.481 e. The Morgan fingerprint density at radius 1 is 1.19 bits per heavy atom. The van der Waals surface area contributed by atoms with Gasteiger partial charge in [-0.05, 0) is 49.3 Å². The van der Waals surface area contributed by atoms with Gasteiger partial charge in [-0.3, -0.25) is 9.59 Å². The van der Waals surface area contributed by atoms with Crippen LogP contribution >= 0.6 is 11.6 Å². The van der Waals surface area contributed by atoms with Crippen molar-refractivity contribution in [3.05, 3.63) is 34.9 Å². The van der Waals surface area contributed by atoms with Crippen LogP contribution in [0.5, 0.6) is 0 Å². The van der Waals surface area contributed by atoms with E-state index in [0.717, 1.165) is 24.8 Å². The summed E-state index contributed by atoms with van der Waals surface area (Å²) in [5, 5.41) is 20.8. The fourth-order valence-electron chi connectivity index (χ4n) is 3.88. The average molecular weight is 380 g/mol. The Labute approximate surface area is 159 Å². The van der Waals surface area contributed by atoms with E-state index in [1.54, 1.807) is 4.90 Å². The van der Waals surface area contributed by atoms with Gasteiger partial charge >= 0.3 is 5.97 Å². The van der Waals surface area contributed by atoms with Gasteiger partial charge in [0.15, 0.2) is 0 Å². The summed E-state index contributed by atoms with van der Waals surface area (Å²) in [6.45, 7) is 0.556. The molecular weight excluding hydrogens is 354 g/mol. The normalized spacial score (nSPS) is 25.9. The maximum absolute atomic E-state index is 12.6. The van der Waals surface area contributed by atoms with E-state index >= 15 is 0 Å². The molecule has 1 heterocycles. The number of hydrogen-bond acceptors (Lipinski definition) is 3. The molecule has 2 fully saturated rings. The van der Waals surface area contributed by atoms with Gasteiger partial charge in [0.2, 0.25) is 5.91 Å². The summed E-state index contributed by atoms with van der Waals surface area (Å²) in [5.41, 5.74) is -0.0736. The summed E-state index contributed by atoms with van der Waals surface area (Å²) in [7, 11) is 0. The van der Waals surface area contributed by atoms with Crippen LogP contribution in [-0.2, 0) is 16.0 Å². The van der Waals surface area contributed by atoms with Crippen molar-refractivity contribution in [2.24, 2.45) is 11.3 Å². The van der Waals surface area contributed by atoms with E-state index in [9.17, 15) is 19.8 Å². The second-order valence-electron chi connectivity index (χ2n) is 7.71. The molecule has 0 unspecified atom stereocenters. The van der Waals surface area contributed by atoms with Crippen LogP contribution < -0.4 is 0 Å². The number of carbonyl (C=O) groups is 2. The first kappa shape index (κ1) is 19.2. The van der Waals surface area contributed by atoms with Gasteiger partial charge in [0.05, 0.1) is 6.10 Å². The summed E-state index contributed by atoms with van der Waals surface area (Å²) in [5.74, 6) is -0.622. The Hall–Kier alpha value is -1.59. The summed E-state index contributed by atoms with van der Waals surface area (Å²) >= 11 is 5.87. The highest BCUT2D eigenvalue weighted by Gasteiger charge is 2.52. The Balaban J connectivity index is 1.56. The third kappa shape index (κ3) is 4.38. The highest BCUT2D eigenvalue weighted by molar-refractivity contribution is 6.30. The van der Waals surface area contributed by atoms with Crippen molar-refractivity contribution in [3.63, 3.8) is 0 Å². The molecule has 142 valence electrons. The molecule has 0 radical (unpaired) electrons. The SMILES string of the molecule is O=C(CCCc1ccc(Cl)cc1)N1CC[C@@H](O)[C@](CC2CC2)(C(=O)O)C1. The van der Waals surface area contributed by atoms with E-state index in [0.29, 0.717) is 43.2 Å². The van der Waals surface area contributed by atoms with E-state index < -0.39 is 17.5 Å². The Morgan fingerprint density at radius 3 is 2.50 bits per heavy atom. The number of amides is 1. The number of benzene rings is 1. The monoisotopic (exact) mass is 379 g/mol. The van der Waals surface area contributed by atoms with Crippen LogP contribution in [0.1, 0.15) is 44.1 Å². The number of carbonyl (C=O) groups excluding carboxylic acids is 1. The van der Waals surface area contributed by atoms with Gasteiger partial charge in [0.25, 0.3) is 0 Å². The summed E-state index contributed by atoms with van der Waals surface area (Å²) in [6, 6.07) is 7.58. The van der Waals surface area contributed by atoms with Gasteiger partial charge in [0, 0.05) is 24.5 Å². The number of aliphatic hydroxyl groups excluding tert-OH is 1. The predicted molar refractivity (Wildman–Crippen MR) is 99.0 cm³/mol. The van der Waals surface area contributed by atoms with Crippen molar-refractivity contribution in [1.29, 1.82) is 0 Å². The van der Waals surface area contributed by atoms with E-state index in [1.807, 2.05) is 24.3 Å². The second kappa shape index (κ2) is 7.97. The molecule has 1 aliphatic carbocycles. The van der Waals surface area contributed by atoms with Crippen LogP contribution in [0.25, 0.3) is 0 Å². The van der Waals surface area contributed by atoms with Crippen LogP contribution in [-0.4, -0.2) is 46.2 Å². The first-order valence-corrected chi connectivity index (χ1v) is 9.72. The van der Waals surface area contributed by atoms with Crippen molar-refractivity contribution >= 4 is 23.5 Å². The largest absolute Gasteiger partial charge is 0.481 e. The third-order valence-corrected chi connectivity index (χ3v) is 5.93. The smallest absolute Gasteiger partial charge is 0.314 e. The van der Waals surface area contributed by atoms with Crippen LogP contribution in [0.2, 0.25) is 5.02 Å². The molecule has 1 aromatic carbocycles. The number of nitrogens with zero attached hydrogens (tertiary/aromatic N) is 1. The van der Waals surface area contributed by atoms with Crippen molar-refractivity contribution in [3.8, 4) is 0 Å².